The van der Waals surface area contributed by atoms with Gasteiger partial charge >= 0.3 is 0 Å². The Morgan fingerprint density at radius 2 is 1.94 bits per heavy atom. The van der Waals surface area contributed by atoms with Crippen molar-refractivity contribution in [2.24, 2.45) is 0 Å². The molecular weight excluding hydrogens is 262 g/mol. The van der Waals surface area contributed by atoms with Gasteiger partial charge in [-0.3, -0.25) is 0 Å². The van der Waals surface area contributed by atoms with Gasteiger partial charge in [0, 0.05) is 15.5 Å². The number of anilines is 1. The molecular formula is C15H12ClNS. The van der Waals surface area contributed by atoms with Crippen LogP contribution in [0.4, 0.5) is 5.69 Å². The minimum absolute atomic E-state index is 0.501. The molecule has 18 heavy (non-hydrogen) atoms. The fourth-order valence-corrected chi connectivity index (χ4v) is 2.60. The van der Waals surface area contributed by atoms with E-state index in [9.17, 15) is 0 Å². The Morgan fingerprint density at radius 3 is 2.61 bits per heavy atom. The van der Waals surface area contributed by atoms with Gasteiger partial charge in [0.25, 0.3) is 0 Å². The molecule has 0 saturated carbocycles. The van der Waals surface area contributed by atoms with Crippen molar-refractivity contribution >= 4 is 29.1 Å². The maximum atomic E-state index is 6.25. The van der Waals surface area contributed by atoms with Crippen LogP contribution in [-0.2, 0) is 0 Å². The number of terminal acetylenes is 1. The van der Waals surface area contributed by atoms with Crippen molar-refractivity contribution in [3.63, 3.8) is 0 Å². The van der Waals surface area contributed by atoms with Crippen LogP contribution in [0.2, 0.25) is 5.02 Å². The highest BCUT2D eigenvalue weighted by Gasteiger charge is 2.03. The average molecular weight is 274 g/mol. The van der Waals surface area contributed by atoms with Crippen LogP contribution < -0.4 is 5.32 Å². The molecule has 2 aromatic carbocycles. The Morgan fingerprint density at radius 1 is 1.17 bits per heavy atom. The van der Waals surface area contributed by atoms with E-state index in [0.717, 1.165) is 15.6 Å². The molecule has 0 aliphatic heterocycles. The van der Waals surface area contributed by atoms with Crippen LogP contribution in [0.25, 0.3) is 0 Å². The Labute approximate surface area is 117 Å². The largest absolute Gasteiger partial charge is 0.374 e. The fourth-order valence-electron chi connectivity index (χ4n) is 1.46. The van der Waals surface area contributed by atoms with E-state index in [4.69, 9.17) is 18.0 Å². The van der Waals surface area contributed by atoms with Crippen LogP contribution in [-0.4, -0.2) is 6.54 Å². The van der Waals surface area contributed by atoms with Crippen LogP contribution in [0, 0.1) is 12.3 Å². The van der Waals surface area contributed by atoms with E-state index in [1.165, 1.54) is 4.90 Å². The Kier molecular flexibility index (Phi) is 4.58. The number of benzene rings is 2. The molecule has 1 N–H and O–H groups in total. The third-order valence-electron chi connectivity index (χ3n) is 2.30. The standard InChI is InChI=1S/C15H12ClNS/c1-2-10-17-12-8-9-15(14(16)11-12)18-13-6-4-3-5-7-13/h1,3-9,11,17H,10H2. The van der Waals surface area contributed by atoms with Gasteiger partial charge in [0.15, 0.2) is 0 Å². The lowest BCUT2D eigenvalue weighted by atomic mass is 10.3. The second-order valence-electron chi connectivity index (χ2n) is 3.62. The second-order valence-corrected chi connectivity index (χ2v) is 5.14. The normalized spacial score (nSPS) is 9.78. The molecule has 3 heteroatoms. The van der Waals surface area contributed by atoms with Crippen LogP contribution in [0.3, 0.4) is 0 Å². The second kappa shape index (κ2) is 6.39. The number of hydrogen-bond donors (Lipinski definition) is 1. The third-order valence-corrected chi connectivity index (χ3v) is 3.81. The molecule has 0 amide bonds. The molecule has 2 aromatic rings. The van der Waals surface area contributed by atoms with Gasteiger partial charge in [0.2, 0.25) is 0 Å². The molecule has 0 aliphatic carbocycles. The highest BCUT2D eigenvalue weighted by Crippen LogP contribution is 2.34. The molecule has 0 atom stereocenters. The van der Waals surface area contributed by atoms with Gasteiger partial charge in [-0.05, 0) is 30.3 Å². The maximum absolute atomic E-state index is 6.25. The van der Waals surface area contributed by atoms with E-state index in [1.54, 1.807) is 11.8 Å². The predicted molar refractivity (Wildman–Crippen MR) is 79.3 cm³/mol. The van der Waals surface area contributed by atoms with Gasteiger partial charge < -0.3 is 5.32 Å². The van der Waals surface area contributed by atoms with Crippen molar-refractivity contribution in [1.29, 1.82) is 0 Å². The summed E-state index contributed by atoms with van der Waals surface area (Å²) in [4.78, 5) is 2.21. The first-order chi connectivity index (χ1) is 8.79. The molecule has 0 fully saturated rings. The minimum atomic E-state index is 0.501. The molecule has 2 rings (SSSR count). The van der Waals surface area contributed by atoms with E-state index in [-0.39, 0.29) is 0 Å². The zero-order valence-corrected chi connectivity index (χ0v) is 11.3. The summed E-state index contributed by atoms with van der Waals surface area (Å²) in [6.45, 7) is 0.501. The highest BCUT2D eigenvalue weighted by atomic mass is 35.5. The van der Waals surface area contributed by atoms with Crippen molar-refractivity contribution in [3.8, 4) is 12.3 Å². The molecule has 0 saturated heterocycles. The van der Waals surface area contributed by atoms with Crippen LogP contribution in [0.5, 0.6) is 0 Å². The lowest BCUT2D eigenvalue weighted by Crippen LogP contribution is -1.97. The van der Waals surface area contributed by atoms with E-state index in [2.05, 4.69) is 23.4 Å². The summed E-state index contributed by atoms with van der Waals surface area (Å²) in [6, 6.07) is 16.0. The highest BCUT2D eigenvalue weighted by molar-refractivity contribution is 7.99. The lowest BCUT2D eigenvalue weighted by molar-refractivity contribution is 1.35. The quantitative estimate of drug-likeness (QED) is 0.821. The van der Waals surface area contributed by atoms with Gasteiger partial charge in [-0.2, -0.15) is 0 Å². The number of hydrogen-bond acceptors (Lipinski definition) is 2. The zero-order valence-electron chi connectivity index (χ0n) is 9.69. The summed E-state index contributed by atoms with van der Waals surface area (Å²) in [6.07, 6.45) is 5.20. The van der Waals surface area contributed by atoms with Gasteiger partial charge in [-0.15, -0.1) is 6.42 Å². The van der Waals surface area contributed by atoms with Crippen molar-refractivity contribution < 1.29 is 0 Å². The SMILES string of the molecule is C#CCNc1ccc(Sc2ccccc2)c(Cl)c1. The summed E-state index contributed by atoms with van der Waals surface area (Å²) in [5, 5.41) is 3.82. The molecule has 0 aromatic heterocycles. The molecule has 0 aliphatic rings. The molecule has 0 unspecified atom stereocenters. The van der Waals surface area contributed by atoms with Gasteiger partial charge in [0.05, 0.1) is 11.6 Å². The van der Waals surface area contributed by atoms with Crippen molar-refractivity contribution in [2.45, 2.75) is 9.79 Å². The first-order valence-electron chi connectivity index (χ1n) is 5.49. The van der Waals surface area contributed by atoms with Gasteiger partial charge in [-0.1, -0.05) is 47.5 Å². The van der Waals surface area contributed by atoms with Crippen LogP contribution in [0.15, 0.2) is 58.3 Å². The summed E-state index contributed by atoms with van der Waals surface area (Å²) in [5.41, 5.74) is 0.940. The molecule has 0 spiro atoms. The van der Waals surface area contributed by atoms with Gasteiger partial charge in [-0.25, -0.2) is 0 Å². The monoisotopic (exact) mass is 273 g/mol. The number of rotatable bonds is 4. The molecule has 90 valence electrons. The Balaban J connectivity index is 2.13. The maximum Gasteiger partial charge on any atom is 0.0763 e. The van der Waals surface area contributed by atoms with Gasteiger partial charge in [0.1, 0.15) is 0 Å². The molecule has 0 radical (unpaired) electrons. The molecule has 0 bridgehead atoms. The summed E-state index contributed by atoms with van der Waals surface area (Å²) < 4.78 is 0. The molecule has 1 nitrogen and oxygen atoms in total. The molecule has 0 heterocycles. The topological polar surface area (TPSA) is 12.0 Å². The summed E-state index contributed by atoms with van der Waals surface area (Å²) in [7, 11) is 0. The fraction of sp³-hybridized carbons (Fsp3) is 0.0667. The summed E-state index contributed by atoms with van der Waals surface area (Å²) >= 11 is 7.89. The van der Waals surface area contributed by atoms with Crippen LogP contribution >= 0.6 is 23.4 Å². The summed E-state index contributed by atoms with van der Waals surface area (Å²) in [5.74, 6) is 2.53. The Bertz CT molecular complexity index is 560. The van der Waals surface area contributed by atoms with E-state index in [1.807, 2.05) is 36.4 Å². The predicted octanol–water partition coefficient (Wildman–Crippen LogP) is 4.54. The zero-order chi connectivity index (χ0) is 12.8. The first-order valence-corrected chi connectivity index (χ1v) is 6.69. The van der Waals surface area contributed by atoms with E-state index < -0.39 is 0 Å². The van der Waals surface area contributed by atoms with Crippen molar-refractivity contribution in [2.75, 3.05) is 11.9 Å². The van der Waals surface area contributed by atoms with E-state index in [0.29, 0.717) is 6.54 Å². The minimum Gasteiger partial charge on any atom is -0.374 e. The Hall–Kier alpha value is -1.56. The number of halogens is 1. The van der Waals surface area contributed by atoms with Crippen LogP contribution in [0.1, 0.15) is 0 Å². The lowest BCUT2D eigenvalue weighted by Gasteiger charge is -2.07. The third kappa shape index (κ3) is 3.46. The van der Waals surface area contributed by atoms with Crippen molar-refractivity contribution in [3.05, 3.63) is 53.6 Å². The average Bonchev–Trinajstić information content (AvgIpc) is 2.40. The first kappa shape index (κ1) is 12.9. The number of nitrogens with one attached hydrogen (secondary N) is 1. The van der Waals surface area contributed by atoms with E-state index >= 15 is 0 Å². The van der Waals surface area contributed by atoms with Crippen molar-refractivity contribution in [1.82, 2.24) is 0 Å². The smallest absolute Gasteiger partial charge is 0.0763 e.